The van der Waals surface area contributed by atoms with Crippen LogP contribution in [0.4, 0.5) is 5.69 Å². The number of carbonyl (C=O) groups excluding carboxylic acids is 1. The third-order valence-corrected chi connectivity index (χ3v) is 4.55. The van der Waals surface area contributed by atoms with Crippen molar-refractivity contribution in [1.82, 2.24) is 14.9 Å². The molecule has 0 spiro atoms. The number of hydrogen-bond donors (Lipinski definition) is 1. The molecule has 0 bridgehead atoms. The predicted molar refractivity (Wildman–Crippen MR) is 101 cm³/mol. The average molecular weight is 373 g/mol. The number of hydrogen-bond acceptors (Lipinski definition) is 4. The Bertz CT molecular complexity index is 930. The van der Waals surface area contributed by atoms with Crippen molar-refractivity contribution in [2.24, 2.45) is 0 Å². The van der Waals surface area contributed by atoms with Gasteiger partial charge in [0.15, 0.2) is 5.69 Å². The molecule has 0 unspecified atom stereocenters. The minimum absolute atomic E-state index is 0.270. The quantitative estimate of drug-likeness (QED) is 0.696. The number of carbonyl (C=O) groups is 1. The Kier molecular flexibility index (Phi) is 5.42. The monoisotopic (exact) mass is 372 g/mol. The van der Waals surface area contributed by atoms with Crippen molar-refractivity contribution in [2.75, 3.05) is 5.32 Å². The minimum atomic E-state index is -0.306. The van der Waals surface area contributed by atoms with Crippen molar-refractivity contribution >= 4 is 23.2 Å². The Morgan fingerprint density at radius 1 is 1.31 bits per heavy atom. The second-order valence-electron chi connectivity index (χ2n) is 6.18. The van der Waals surface area contributed by atoms with Crippen LogP contribution in [0.5, 0.6) is 0 Å². The zero-order valence-corrected chi connectivity index (χ0v) is 15.8. The fourth-order valence-corrected chi connectivity index (χ4v) is 2.98. The topological polar surface area (TPSA) is 73.0 Å². The zero-order valence-electron chi connectivity index (χ0n) is 15.0. The van der Waals surface area contributed by atoms with Crippen LogP contribution < -0.4 is 5.32 Å². The van der Waals surface area contributed by atoms with Gasteiger partial charge in [-0.3, -0.25) is 9.48 Å². The van der Waals surface area contributed by atoms with Gasteiger partial charge in [-0.15, -0.1) is 0 Å². The van der Waals surface area contributed by atoms with E-state index < -0.39 is 0 Å². The van der Waals surface area contributed by atoms with Gasteiger partial charge in [-0.05, 0) is 31.9 Å². The number of nitrogens with zero attached hydrogens (tertiary/aromatic N) is 3. The van der Waals surface area contributed by atoms with Crippen LogP contribution in [0.1, 0.15) is 46.5 Å². The van der Waals surface area contributed by atoms with Gasteiger partial charge in [0.25, 0.3) is 5.91 Å². The van der Waals surface area contributed by atoms with E-state index in [2.05, 4.69) is 15.6 Å². The van der Waals surface area contributed by atoms with Crippen LogP contribution in [-0.4, -0.2) is 20.8 Å². The first-order valence-corrected chi connectivity index (χ1v) is 8.91. The van der Waals surface area contributed by atoms with Gasteiger partial charge < -0.3 is 9.84 Å². The lowest BCUT2D eigenvalue weighted by atomic mass is 10.2. The lowest BCUT2D eigenvalue weighted by molar-refractivity contribution is 0.101. The molecule has 26 heavy (non-hydrogen) atoms. The van der Waals surface area contributed by atoms with Crippen LogP contribution in [0.2, 0.25) is 5.02 Å². The lowest BCUT2D eigenvalue weighted by Gasteiger charge is -2.07. The predicted octanol–water partition coefficient (Wildman–Crippen LogP) is 4.39. The van der Waals surface area contributed by atoms with Crippen LogP contribution in [0.3, 0.4) is 0 Å². The van der Waals surface area contributed by atoms with Crippen molar-refractivity contribution in [3.05, 3.63) is 63.8 Å². The summed E-state index contributed by atoms with van der Waals surface area (Å²) in [6.07, 6.45) is 1.69. The van der Waals surface area contributed by atoms with E-state index in [0.29, 0.717) is 23.0 Å². The summed E-state index contributed by atoms with van der Waals surface area (Å²) in [5.74, 6) is 0.403. The molecule has 0 aliphatic heterocycles. The standard InChI is InChI=1S/C19H21ClN4O2/c1-4-7-15-10-17(23-26-15)19(25)21-18-12(2)22-24(13(18)3)11-14-8-5-6-9-16(14)20/h5-6,8-10H,4,7,11H2,1-3H3,(H,21,25). The molecule has 136 valence electrons. The Labute approximate surface area is 157 Å². The van der Waals surface area contributed by atoms with Crippen molar-refractivity contribution in [3.63, 3.8) is 0 Å². The summed E-state index contributed by atoms with van der Waals surface area (Å²) in [7, 11) is 0. The maximum Gasteiger partial charge on any atom is 0.277 e. The fourth-order valence-electron chi connectivity index (χ4n) is 2.78. The Morgan fingerprint density at radius 3 is 2.81 bits per heavy atom. The summed E-state index contributed by atoms with van der Waals surface area (Å²) < 4.78 is 7.01. The van der Waals surface area contributed by atoms with E-state index in [1.807, 2.05) is 49.7 Å². The molecule has 0 saturated heterocycles. The molecule has 0 radical (unpaired) electrons. The van der Waals surface area contributed by atoms with Crippen LogP contribution in [0.25, 0.3) is 0 Å². The smallest absolute Gasteiger partial charge is 0.277 e. The van der Waals surface area contributed by atoms with Gasteiger partial charge in [-0.25, -0.2) is 0 Å². The summed E-state index contributed by atoms with van der Waals surface area (Å²) >= 11 is 6.24. The molecule has 3 aromatic rings. The number of benzene rings is 1. The molecule has 2 heterocycles. The third-order valence-electron chi connectivity index (χ3n) is 4.19. The van der Waals surface area contributed by atoms with Crippen molar-refractivity contribution in [3.8, 4) is 0 Å². The summed E-state index contributed by atoms with van der Waals surface area (Å²) in [6.45, 7) is 6.35. The Hall–Kier alpha value is -2.60. The molecule has 1 amide bonds. The maximum atomic E-state index is 12.5. The normalized spacial score (nSPS) is 10.9. The molecule has 6 nitrogen and oxygen atoms in total. The average Bonchev–Trinajstić information content (AvgIpc) is 3.18. The number of amides is 1. The lowest BCUT2D eigenvalue weighted by Crippen LogP contribution is -2.13. The highest BCUT2D eigenvalue weighted by atomic mass is 35.5. The van der Waals surface area contributed by atoms with Gasteiger partial charge in [0, 0.05) is 17.5 Å². The molecule has 0 aliphatic carbocycles. The van der Waals surface area contributed by atoms with E-state index in [-0.39, 0.29) is 11.6 Å². The van der Waals surface area contributed by atoms with E-state index in [1.165, 1.54) is 0 Å². The molecular formula is C19H21ClN4O2. The number of aromatic nitrogens is 3. The van der Waals surface area contributed by atoms with Gasteiger partial charge in [0.1, 0.15) is 5.76 Å². The van der Waals surface area contributed by atoms with Crippen LogP contribution >= 0.6 is 11.6 Å². The first-order chi connectivity index (χ1) is 12.5. The maximum absolute atomic E-state index is 12.5. The molecule has 1 aromatic carbocycles. The highest BCUT2D eigenvalue weighted by molar-refractivity contribution is 6.31. The molecule has 0 fully saturated rings. The first-order valence-electron chi connectivity index (χ1n) is 8.54. The van der Waals surface area contributed by atoms with Gasteiger partial charge >= 0.3 is 0 Å². The van der Waals surface area contributed by atoms with Crippen molar-refractivity contribution < 1.29 is 9.32 Å². The second-order valence-corrected chi connectivity index (χ2v) is 6.58. The van der Waals surface area contributed by atoms with E-state index in [0.717, 1.165) is 29.8 Å². The molecule has 0 atom stereocenters. The van der Waals surface area contributed by atoms with Crippen LogP contribution in [0, 0.1) is 13.8 Å². The van der Waals surface area contributed by atoms with Crippen molar-refractivity contribution in [1.29, 1.82) is 0 Å². The molecule has 1 N–H and O–H groups in total. The summed E-state index contributed by atoms with van der Waals surface area (Å²) in [6, 6.07) is 9.32. The highest BCUT2D eigenvalue weighted by Crippen LogP contribution is 2.23. The molecule has 0 aliphatic rings. The Balaban J connectivity index is 1.79. The van der Waals surface area contributed by atoms with E-state index >= 15 is 0 Å². The fraction of sp³-hybridized carbons (Fsp3) is 0.316. The van der Waals surface area contributed by atoms with Crippen LogP contribution in [0.15, 0.2) is 34.9 Å². The summed E-state index contributed by atoms with van der Waals surface area (Å²) in [4.78, 5) is 12.5. The number of aryl methyl sites for hydroxylation is 2. The van der Waals surface area contributed by atoms with Crippen LogP contribution in [-0.2, 0) is 13.0 Å². The number of anilines is 1. The van der Waals surface area contributed by atoms with Gasteiger partial charge in [0.05, 0.1) is 23.6 Å². The Morgan fingerprint density at radius 2 is 2.08 bits per heavy atom. The number of nitrogens with one attached hydrogen (secondary N) is 1. The van der Waals surface area contributed by atoms with Gasteiger partial charge in [-0.1, -0.05) is 41.9 Å². The van der Waals surface area contributed by atoms with E-state index in [9.17, 15) is 4.79 Å². The first kappa shape index (κ1) is 18.2. The van der Waals surface area contributed by atoms with Gasteiger partial charge in [-0.2, -0.15) is 5.10 Å². The summed E-state index contributed by atoms with van der Waals surface area (Å²) in [5.41, 5.74) is 3.51. The number of rotatable bonds is 6. The summed E-state index contributed by atoms with van der Waals surface area (Å²) in [5, 5.41) is 12.0. The van der Waals surface area contributed by atoms with E-state index in [1.54, 1.807) is 6.07 Å². The zero-order chi connectivity index (χ0) is 18.7. The number of halogens is 1. The SMILES string of the molecule is CCCc1cc(C(=O)Nc2c(C)nn(Cc3ccccc3Cl)c2C)no1. The second kappa shape index (κ2) is 7.74. The minimum Gasteiger partial charge on any atom is -0.361 e. The van der Waals surface area contributed by atoms with E-state index in [4.69, 9.17) is 16.1 Å². The van der Waals surface area contributed by atoms with Crippen molar-refractivity contribution in [2.45, 2.75) is 40.2 Å². The molecule has 3 rings (SSSR count). The highest BCUT2D eigenvalue weighted by Gasteiger charge is 2.18. The largest absolute Gasteiger partial charge is 0.361 e. The third kappa shape index (κ3) is 3.80. The molecule has 0 saturated carbocycles. The molecule has 2 aromatic heterocycles. The van der Waals surface area contributed by atoms with Gasteiger partial charge in [0.2, 0.25) is 0 Å². The molecule has 7 heteroatoms. The molecular weight excluding hydrogens is 352 g/mol.